The number of benzene rings is 2. The minimum absolute atomic E-state index is 0.128. The van der Waals surface area contributed by atoms with Gasteiger partial charge in [-0.1, -0.05) is 53.5 Å². The first-order chi connectivity index (χ1) is 15.8. The minimum atomic E-state index is -3.77. The SMILES string of the molecule is Cc1cc(N(CC(=O)N(Cc2ccc(Cl)cc2)C(C)C(=O)NCC(C)C)S(C)(=O)=O)ccc1Br. The van der Waals surface area contributed by atoms with E-state index in [9.17, 15) is 18.0 Å². The number of nitrogens with zero attached hydrogens (tertiary/aromatic N) is 2. The van der Waals surface area contributed by atoms with Gasteiger partial charge in [-0.15, -0.1) is 0 Å². The van der Waals surface area contributed by atoms with Crippen LogP contribution >= 0.6 is 27.5 Å². The topological polar surface area (TPSA) is 86.8 Å². The van der Waals surface area contributed by atoms with Gasteiger partial charge in [0.1, 0.15) is 12.6 Å². The highest BCUT2D eigenvalue weighted by molar-refractivity contribution is 9.10. The Morgan fingerprint density at radius 1 is 1.09 bits per heavy atom. The van der Waals surface area contributed by atoms with Gasteiger partial charge < -0.3 is 10.2 Å². The van der Waals surface area contributed by atoms with E-state index in [1.165, 1.54) is 4.90 Å². The fraction of sp³-hybridized carbons (Fsp3) is 0.417. The Labute approximate surface area is 215 Å². The van der Waals surface area contributed by atoms with Crippen molar-refractivity contribution < 1.29 is 18.0 Å². The molecule has 0 bridgehead atoms. The summed E-state index contributed by atoms with van der Waals surface area (Å²) in [7, 11) is -3.77. The molecule has 0 aliphatic carbocycles. The minimum Gasteiger partial charge on any atom is -0.354 e. The quantitative estimate of drug-likeness (QED) is 0.458. The monoisotopic (exact) mass is 571 g/mol. The highest BCUT2D eigenvalue weighted by Crippen LogP contribution is 2.25. The first-order valence-electron chi connectivity index (χ1n) is 10.8. The smallest absolute Gasteiger partial charge is 0.244 e. The fourth-order valence-electron chi connectivity index (χ4n) is 3.22. The van der Waals surface area contributed by atoms with Gasteiger partial charge in [-0.05, 0) is 61.2 Å². The number of halogens is 2. The van der Waals surface area contributed by atoms with E-state index in [1.807, 2.05) is 20.8 Å². The predicted molar refractivity (Wildman–Crippen MR) is 140 cm³/mol. The molecule has 0 fully saturated rings. The molecule has 1 N–H and O–H groups in total. The van der Waals surface area contributed by atoms with Crippen LogP contribution in [0.15, 0.2) is 46.9 Å². The maximum absolute atomic E-state index is 13.5. The van der Waals surface area contributed by atoms with Gasteiger partial charge in [-0.2, -0.15) is 0 Å². The maximum Gasteiger partial charge on any atom is 0.244 e. The molecule has 0 aromatic heterocycles. The van der Waals surface area contributed by atoms with Crippen LogP contribution in [0.5, 0.6) is 0 Å². The number of hydrogen-bond acceptors (Lipinski definition) is 4. The number of rotatable bonds is 10. The Balaban J connectivity index is 2.37. The van der Waals surface area contributed by atoms with Gasteiger partial charge in [0, 0.05) is 22.6 Å². The molecular formula is C24H31BrClN3O4S. The van der Waals surface area contributed by atoms with Gasteiger partial charge in [0.25, 0.3) is 0 Å². The molecule has 1 unspecified atom stereocenters. The average molecular weight is 573 g/mol. The molecule has 2 amide bonds. The third-order valence-corrected chi connectivity index (χ3v) is 7.51. The summed E-state index contributed by atoms with van der Waals surface area (Å²) in [6.45, 7) is 7.59. The normalized spacial score (nSPS) is 12.4. The number of anilines is 1. The lowest BCUT2D eigenvalue weighted by atomic mass is 10.1. The van der Waals surface area contributed by atoms with Crippen LogP contribution in [0.2, 0.25) is 5.02 Å². The van der Waals surface area contributed by atoms with Crippen molar-refractivity contribution in [3.63, 3.8) is 0 Å². The molecule has 2 rings (SSSR count). The number of carbonyl (C=O) groups is 2. The summed E-state index contributed by atoms with van der Waals surface area (Å²) < 4.78 is 27.1. The van der Waals surface area contributed by atoms with Gasteiger partial charge in [0.05, 0.1) is 11.9 Å². The first-order valence-corrected chi connectivity index (χ1v) is 13.9. The van der Waals surface area contributed by atoms with Gasteiger partial charge in [0.2, 0.25) is 21.8 Å². The van der Waals surface area contributed by atoms with Crippen LogP contribution in [0.4, 0.5) is 5.69 Å². The Morgan fingerprint density at radius 2 is 1.71 bits per heavy atom. The van der Waals surface area contributed by atoms with E-state index in [0.29, 0.717) is 17.3 Å². The highest BCUT2D eigenvalue weighted by atomic mass is 79.9. The van der Waals surface area contributed by atoms with Gasteiger partial charge in [-0.3, -0.25) is 13.9 Å². The Bertz CT molecular complexity index is 1120. The van der Waals surface area contributed by atoms with Crippen molar-refractivity contribution in [2.75, 3.05) is 23.7 Å². The van der Waals surface area contributed by atoms with E-state index >= 15 is 0 Å². The number of sulfonamides is 1. The van der Waals surface area contributed by atoms with Crippen LogP contribution in [-0.2, 0) is 26.2 Å². The van der Waals surface area contributed by atoms with Crippen LogP contribution < -0.4 is 9.62 Å². The van der Waals surface area contributed by atoms with E-state index in [4.69, 9.17) is 11.6 Å². The fourth-order valence-corrected chi connectivity index (χ4v) is 4.43. The van der Waals surface area contributed by atoms with E-state index in [1.54, 1.807) is 49.4 Å². The third-order valence-electron chi connectivity index (χ3n) is 5.23. The Kier molecular flexibility index (Phi) is 9.96. The zero-order valence-corrected chi connectivity index (χ0v) is 23.2. The molecule has 0 saturated heterocycles. The van der Waals surface area contributed by atoms with Crippen molar-refractivity contribution in [1.82, 2.24) is 10.2 Å². The number of hydrogen-bond donors (Lipinski definition) is 1. The van der Waals surface area contributed by atoms with Crippen molar-refractivity contribution in [2.45, 2.75) is 40.3 Å². The molecule has 0 aliphatic rings. The number of aryl methyl sites for hydroxylation is 1. The van der Waals surface area contributed by atoms with Gasteiger partial charge in [0.15, 0.2) is 0 Å². The molecule has 7 nitrogen and oxygen atoms in total. The molecule has 1 atom stereocenters. The van der Waals surface area contributed by atoms with Gasteiger partial charge in [-0.25, -0.2) is 8.42 Å². The molecule has 10 heteroatoms. The molecule has 0 radical (unpaired) electrons. The van der Waals surface area contributed by atoms with Crippen molar-refractivity contribution in [3.05, 3.63) is 63.1 Å². The van der Waals surface area contributed by atoms with Crippen molar-refractivity contribution in [2.24, 2.45) is 5.92 Å². The highest BCUT2D eigenvalue weighted by Gasteiger charge is 2.30. The van der Waals surface area contributed by atoms with Crippen LogP contribution in [0.3, 0.4) is 0 Å². The maximum atomic E-state index is 13.5. The second kappa shape index (κ2) is 12.0. The zero-order chi connectivity index (χ0) is 25.6. The predicted octanol–water partition coefficient (Wildman–Crippen LogP) is 4.37. The lowest BCUT2D eigenvalue weighted by molar-refractivity contribution is -0.139. The summed E-state index contributed by atoms with van der Waals surface area (Å²) in [5.74, 6) is -0.549. The summed E-state index contributed by atoms with van der Waals surface area (Å²) in [4.78, 5) is 27.7. The largest absolute Gasteiger partial charge is 0.354 e. The first kappa shape index (κ1) is 28.1. The lowest BCUT2D eigenvalue weighted by Gasteiger charge is -2.31. The van der Waals surface area contributed by atoms with E-state index in [2.05, 4.69) is 21.2 Å². The molecule has 186 valence electrons. The van der Waals surface area contributed by atoms with E-state index < -0.39 is 28.5 Å². The summed E-state index contributed by atoms with van der Waals surface area (Å²) >= 11 is 9.39. The van der Waals surface area contributed by atoms with E-state index in [0.717, 1.165) is 26.2 Å². The molecule has 34 heavy (non-hydrogen) atoms. The van der Waals surface area contributed by atoms with Crippen molar-refractivity contribution in [1.29, 1.82) is 0 Å². The van der Waals surface area contributed by atoms with Crippen LogP contribution in [0, 0.1) is 12.8 Å². The van der Waals surface area contributed by atoms with Crippen molar-refractivity contribution in [3.8, 4) is 0 Å². The summed E-state index contributed by atoms with van der Waals surface area (Å²) in [6, 6.07) is 11.2. The lowest BCUT2D eigenvalue weighted by Crippen LogP contribution is -2.51. The number of carbonyl (C=O) groups excluding carboxylic acids is 2. The zero-order valence-electron chi connectivity index (χ0n) is 20.0. The Morgan fingerprint density at radius 3 is 2.24 bits per heavy atom. The third kappa shape index (κ3) is 7.99. The second-order valence-corrected chi connectivity index (χ2v) is 11.9. The Hall–Kier alpha value is -2.10. The molecule has 2 aromatic rings. The van der Waals surface area contributed by atoms with Crippen LogP contribution in [0.25, 0.3) is 0 Å². The molecule has 0 spiro atoms. The second-order valence-electron chi connectivity index (χ2n) is 8.67. The average Bonchev–Trinajstić information content (AvgIpc) is 2.76. The summed E-state index contributed by atoms with van der Waals surface area (Å²) in [5, 5.41) is 3.40. The van der Waals surface area contributed by atoms with E-state index in [-0.39, 0.29) is 18.4 Å². The molecule has 0 heterocycles. The molecule has 0 saturated carbocycles. The number of nitrogens with one attached hydrogen (secondary N) is 1. The standard InChI is InChI=1S/C24H31BrClN3O4S/c1-16(2)13-27-24(31)18(4)28(14-19-6-8-20(26)9-7-19)23(30)15-29(34(5,32)33)21-10-11-22(25)17(3)12-21/h6-12,16,18H,13-15H2,1-5H3,(H,27,31). The van der Waals surface area contributed by atoms with Crippen LogP contribution in [-0.4, -0.2) is 50.5 Å². The number of amides is 2. The van der Waals surface area contributed by atoms with Crippen LogP contribution in [0.1, 0.15) is 31.9 Å². The summed E-state index contributed by atoms with van der Waals surface area (Å²) in [5.41, 5.74) is 1.98. The van der Waals surface area contributed by atoms with Gasteiger partial charge >= 0.3 is 0 Å². The molecule has 0 aliphatic heterocycles. The molecular weight excluding hydrogens is 542 g/mol. The van der Waals surface area contributed by atoms with Crippen molar-refractivity contribution >= 4 is 55.1 Å². The molecule has 2 aromatic carbocycles. The summed E-state index contributed by atoms with van der Waals surface area (Å²) in [6.07, 6.45) is 1.06.